The van der Waals surface area contributed by atoms with Crippen molar-refractivity contribution in [2.45, 2.75) is 59.2 Å². The van der Waals surface area contributed by atoms with Crippen molar-refractivity contribution in [3.8, 4) is 0 Å². The Morgan fingerprint density at radius 2 is 1.74 bits per heavy atom. The van der Waals surface area contributed by atoms with Crippen LogP contribution in [-0.2, 0) is 9.47 Å². The molecule has 11 nitrogen and oxygen atoms in total. The van der Waals surface area contributed by atoms with E-state index >= 15 is 0 Å². The van der Waals surface area contributed by atoms with Gasteiger partial charge in [-0.05, 0) is 54.0 Å². The lowest BCUT2D eigenvalue weighted by Crippen LogP contribution is -2.33. The number of aromatic nitrogens is 2. The fraction of sp³-hybridized carbons (Fsp3) is 0.550. The van der Waals surface area contributed by atoms with Crippen LogP contribution in [0.5, 0.6) is 0 Å². The van der Waals surface area contributed by atoms with Crippen LogP contribution in [0.25, 0.3) is 11.0 Å². The first-order chi connectivity index (χ1) is 14.3. The van der Waals surface area contributed by atoms with E-state index in [4.69, 9.17) is 9.47 Å². The lowest BCUT2D eigenvalue weighted by atomic mass is 10.2. The van der Waals surface area contributed by atoms with Gasteiger partial charge in [0.25, 0.3) is 5.69 Å². The van der Waals surface area contributed by atoms with E-state index in [-0.39, 0.29) is 22.7 Å². The van der Waals surface area contributed by atoms with Crippen molar-refractivity contribution in [1.82, 2.24) is 14.9 Å². The Labute approximate surface area is 180 Å². The van der Waals surface area contributed by atoms with Gasteiger partial charge in [0.1, 0.15) is 11.2 Å². The third-order valence-corrected chi connectivity index (χ3v) is 3.74. The lowest BCUT2D eigenvalue weighted by molar-refractivity contribution is -0.383. The maximum Gasteiger partial charge on any atom is 0.421 e. The summed E-state index contributed by atoms with van der Waals surface area (Å²) in [4.78, 5) is 39.5. The number of hydrogen-bond acceptors (Lipinski definition) is 8. The number of imidazole rings is 1. The summed E-state index contributed by atoms with van der Waals surface area (Å²) in [6.07, 6.45) is -0.729. The molecule has 0 aliphatic heterocycles. The van der Waals surface area contributed by atoms with Gasteiger partial charge in [-0.3, -0.25) is 10.1 Å². The topological polar surface area (TPSA) is 138 Å². The summed E-state index contributed by atoms with van der Waals surface area (Å²) in [5.74, 6) is 0.121. The minimum Gasteiger partial charge on any atom is -0.444 e. The number of hydrogen-bond donors (Lipinski definition) is 2. The Morgan fingerprint density at radius 3 is 2.32 bits per heavy atom. The molecule has 0 aliphatic carbocycles. The number of nitro groups is 1. The van der Waals surface area contributed by atoms with Gasteiger partial charge in [-0.15, -0.1) is 0 Å². The zero-order chi connectivity index (χ0) is 23.4. The number of nitro benzene ring substituents is 1. The Balaban J connectivity index is 2.17. The van der Waals surface area contributed by atoms with Crippen LogP contribution in [0.15, 0.2) is 18.2 Å². The van der Waals surface area contributed by atoms with Gasteiger partial charge < -0.3 is 20.1 Å². The van der Waals surface area contributed by atoms with Gasteiger partial charge in [-0.25, -0.2) is 19.1 Å². The lowest BCUT2D eigenvalue weighted by Gasteiger charge is -2.20. The van der Waals surface area contributed by atoms with Crippen molar-refractivity contribution in [3.05, 3.63) is 28.3 Å². The first kappa shape index (κ1) is 23.9. The van der Waals surface area contributed by atoms with Gasteiger partial charge in [0.15, 0.2) is 5.52 Å². The number of alkyl carbamates (subject to hydrolysis) is 1. The molecule has 2 aromatic rings. The zero-order valence-electron chi connectivity index (χ0n) is 18.6. The molecule has 170 valence electrons. The van der Waals surface area contributed by atoms with E-state index in [1.807, 2.05) is 0 Å². The van der Waals surface area contributed by atoms with E-state index in [2.05, 4.69) is 15.6 Å². The number of para-hydroxylation sites is 1. The molecule has 2 rings (SSSR count). The highest BCUT2D eigenvalue weighted by atomic mass is 16.6. The molecule has 2 N–H and O–H groups in total. The van der Waals surface area contributed by atoms with Crippen molar-refractivity contribution in [2.24, 2.45) is 0 Å². The van der Waals surface area contributed by atoms with Gasteiger partial charge >= 0.3 is 12.2 Å². The average molecular weight is 435 g/mol. The maximum atomic E-state index is 12.8. The van der Waals surface area contributed by atoms with Crippen LogP contribution < -0.4 is 10.6 Å². The van der Waals surface area contributed by atoms with E-state index in [1.54, 1.807) is 47.6 Å². The smallest absolute Gasteiger partial charge is 0.421 e. The summed E-state index contributed by atoms with van der Waals surface area (Å²) in [6, 6.07) is 4.37. The molecule has 1 aromatic heterocycles. The largest absolute Gasteiger partial charge is 0.444 e. The van der Waals surface area contributed by atoms with Gasteiger partial charge in [0, 0.05) is 19.2 Å². The Kier molecular flexibility index (Phi) is 7.09. The van der Waals surface area contributed by atoms with Crippen LogP contribution in [0.2, 0.25) is 0 Å². The summed E-state index contributed by atoms with van der Waals surface area (Å²) in [6.45, 7) is 11.2. The van der Waals surface area contributed by atoms with E-state index in [0.717, 1.165) is 0 Å². The van der Waals surface area contributed by atoms with Crippen molar-refractivity contribution in [2.75, 3.05) is 18.4 Å². The van der Waals surface area contributed by atoms with Crippen LogP contribution in [0.3, 0.4) is 0 Å². The molecule has 0 saturated carbocycles. The van der Waals surface area contributed by atoms with Crippen molar-refractivity contribution < 1.29 is 24.0 Å². The molecular formula is C20H29N5O6. The minimum absolute atomic E-state index is 0.0766. The number of fused-ring (bicyclic) bond motifs is 1. The molecule has 0 fully saturated rings. The molecule has 0 bridgehead atoms. The molecule has 0 aliphatic rings. The van der Waals surface area contributed by atoms with Gasteiger partial charge in [0.05, 0.1) is 10.4 Å². The Bertz CT molecular complexity index is 971. The van der Waals surface area contributed by atoms with E-state index in [1.165, 1.54) is 16.7 Å². The van der Waals surface area contributed by atoms with Crippen LogP contribution in [-0.4, -0.2) is 51.0 Å². The molecular weight excluding hydrogens is 406 g/mol. The number of carbonyl (C=O) groups excluding carboxylic acids is 2. The van der Waals surface area contributed by atoms with E-state index in [0.29, 0.717) is 19.5 Å². The van der Waals surface area contributed by atoms with Gasteiger partial charge in [0.2, 0.25) is 5.95 Å². The predicted octanol–water partition coefficient (Wildman–Crippen LogP) is 4.05. The van der Waals surface area contributed by atoms with Crippen molar-refractivity contribution in [3.63, 3.8) is 0 Å². The summed E-state index contributed by atoms with van der Waals surface area (Å²) in [7, 11) is 0. The number of anilines is 1. The standard InChI is InChI=1S/C20H29N5O6/c1-19(2,3)30-17(26)22-12-8-11-21-16-23-15-13(9-7-10-14(15)25(28)29)24(16)18(27)31-20(4,5)6/h7,9-10H,8,11-12H2,1-6H3,(H,21,23)(H,22,26). The molecule has 0 unspecified atom stereocenters. The second-order valence-electron chi connectivity index (χ2n) is 8.86. The van der Waals surface area contributed by atoms with Crippen LogP contribution in [0.1, 0.15) is 48.0 Å². The Hall–Kier alpha value is -3.37. The molecule has 1 heterocycles. The number of nitrogens with one attached hydrogen (secondary N) is 2. The first-order valence-electron chi connectivity index (χ1n) is 9.88. The third kappa shape index (κ3) is 6.83. The van der Waals surface area contributed by atoms with Crippen LogP contribution in [0, 0.1) is 10.1 Å². The average Bonchev–Trinajstić information content (AvgIpc) is 2.96. The normalized spacial score (nSPS) is 11.8. The van der Waals surface area contributed by atoms with E-state index < -0.39 is 28.3 Å². The number of carbonyl (C=O) groups is 2. The molecule has 0 radical (unpaired) electrons. The summed E-state index contributed by atoms with van der Waals surface area (Å²) < 4.78 is 11.8. The number of ether oxygens (including phenoxy) is 2. The molecule has 0 atom stereocenters. The molecule has 0 spiro atoms. The highest BCUT2D eigenvalue weighted by molar-refractivity contribution is 5.95. The number of benzene rings is 1. The fourth-order valence-electron chi connectivity index (χ4n) is 2.64. The van der Waals surface area contributed by atoms with Crippen molar-refractivity contribution >= 4 is 34.9 Å². The monoisotopic (exact) mass is 435 g/mol. The number of non-ortho nitro benzene ring substituents is 1. The number of amides is 1. The van der Waals surface area contributed by atoms with Gasteiger partial charge in [-0.2, -0.15) is 0 Å². The van der Waals surface area contributed by atoms with Gasteiger partial charge in [-0.1, -0.05) is 6.07 Å². The van der Waals surface area contributed by atoms with Crippen LogP contribution in [0.4, 0.5) is 21.2 Å². The molecule has 31 heavy (non-hydrogen) atoms. The SMILES string of the molecule is CC(C)(C)OC(=O)NCCCNc1nc2c([N+](=O)[O-])cccc2n1C(=O)OC(C)(C)C. The summed E-state index contributed by atoms with van der Waals surface area (Å²) in [5.41, 5.74) is -1.22. The molecule has 0 saturated heterocycles. The zero-order valence-corrected chi connectivity index (χ0v) is 18.6. The predicted molar refractivity (Wildman–Crippen MR) is 115 cm³/mol. The number of nitrogens with zero attached hydrogens (tertiary/aromatic N) is 3. The highest BCUT2D eigenvalue weighted by Crippen LogP contribution is 2.28. The minimum atomic E-state index is -0.761. The van der Waals surface area contributed by atoms with Crippen molar-refractivity contribution in [1.29, 1.82) is 0 Å². The highest BCUT2D eigenvalue weighted by Gasteiger charge is 2.26. The van der Waals surface area contributed by atoms with E-state index in [9.17, 15) is 19.7 Å². The van der Waals surface area contributed by atoms with Crippen LogP contribution >= 0.6 is 0 Å². The molecule has 1 amide bonds. The fourth-order valence-corrected chi connectivity index (χ4v) is 2.64. The second-order valence-corrected chi connectivity index (χ2v) is 8.86. The number of rotatable bonds is 6. The second kappa shape index (κ2) is 9.19. The summed E-state index contributed by atoms with van der Waals surface area (Å²) >= 11 is 0. The quantitative estimate of drug-likeness (QED) is 0.394. The molecule has 1 aromatic carbocycles. The Morgan fingerprint density at radius 1 is 1.10 bits per heavy atom. The third-order valence-electron chi connectivity index (χ3n) is 3.74. The first-order valence-corrected chi connectivity index (χ1v) is 9.88. The maximum absolute atomic E-state index is 12.8. The molecule has 11 heteroatoms. The summed E-state index contributed by atoms with van der Waals surface area (Å²) in [5, 5.41) is 17.0.